The SMILES string of the molecule is COC1=CC(=O)N(c2ccc(NC(=O)[C@H]3C[C@@H](OC)CN3C(=O)Nc3ccc(Cl)cn3)c(F)c2)CC1C. The molecule has 2 N–H and O–H groups in total. The van der Waals surface area contributed by atoms with Crippen molar-refractivity contribution in [1.82, 2.24) is 9.88 Å². The molecule has 1 aromatic heterocycles. The van der Waals surface area contributed by atoms with Crippen molar-refractivity contribution >= 4 is 46.6 Å². The van der Waals surface area contributed by atoms with Crippen molar-refractivity contribution in [1.29, 1.82) is 0 Å². The molecular weight excluding hydrogens is 505 g/mol. The third-order valence-electron chi connectivity index (χ3n) is 6.35. The first-order valence-corrected chi connectivity index (χ1v) is 12.0. The van der Waals surface area contributed by atoms with E-state index in [4.69, 9.17) is 21.1 Å². The molecule has 0 radical (unpaired) electrons. The van der Waals surface area contributed by atoms with Gasteiger partial charge < -0.3 is 24.6 Å². The largest absolute Gasteiger partial charge is 0.501 e. The van der Waals surface area contributed by atoms with Crippen LogP contribution in [0.15, 0.2) is 48.4 Å². The molecular formula is C25H27ClFN5O5. The molecule has 0 bridgehead atoms. The number of carbonyl (C=O) groups is 3. The molecule has 4 amide bonds. The Kier molecular flexibility index (Phi) is 7.94. The number of amides is 4. The molecule has 12 heteroatoms. The maximum Gasteiger partial charge on any atom is 0.323 e. The maximum absolute atomic E-state index is 15.0. The van der Waals surface area contributed by atoms with Crippen LogP contribution in [0.2, 0.25) is 5.02 Å². The summed E-state index contributed by atoms with van der Waals surface area (Å²) in [4.78, 5) is 45.3. The third-order valence-corrected chi connectivity index (χ3v) is 6.58. The van der Waals surface area contributed by atoms with Gasteiger partial charge in [0.2, 0.25) is 5.91 Å². The van der Waals surface area contributed by atoms with Gasteiger partial charge in [-0.3, -0.25) is 14.9 Å². The molecule has 1 saturated heterocycles. The van der Waals surface area contributed by atoms with Crippen molar-refractivity contribution in [2.45, 2.75) is 25.5 Å². The van der Waals surface area contributed by atoms with Crippen LogP contribution in [0.25, 0.3) is 0 Å². The first-order valence-electron chi connectivity index (χ1n) is 11.6. The van der Waals surface area contributed by atoms with Gasteiger partial charge in [-0.1, -0.05) is 18.5 Å². The Morgan fingerprint density at radius 3 is 2.59 bits per heavy atom. The van der Waals surface area contributed by atoms with E-state index in [9.17, 15) is 14.4 Å². The Balaban J connectivity index is 1.47. The molecule has 2 aliphatic rings. The number of ether oxygens (including phenoxy) is 2. The molecule has 1 unspecified atom stereocenters. The molecule has 10 nitrogen and oxygen atoms in total. The summed E-state index contributed by atoms with van der Waals surface area (Å²) >= 11 is 5.83. The van der Waals surface area contributed by atoms with Crippen LogP contribution in [0.3, 0.4) is 0 Å². The van der Waals surface area contributed by atoms with Crippen molar-refractivity contribution in [3.8, 4) is 0 Å². The van der Waals surface area contributed by atoms with Gasteiger partial charge in [-0.2, -0.15) is 0 Å². The van der Waals surface area contributed by atoms with Gasteiger partial charge in [-0.25, -0.2) is 14.2 Å². The van der Waals surface area contributed by atoms with Crippen molar-refractivity contribution in [2.24, 2.45) is 5.92 Å². The summed E-state index contributed by atoms with van der Waals surface area (Å²) in [5, 5.41) is 5.61. The molecule has 0 aliphatic carbocycles. The van der Waals surface area contributed by atoms with Crippen LogP contribution in [-0.2, 0) is 19.1 Å². The second-order valence-electron chi connectivity index (χ2n) is 8.81. The van der Waals surface area contributed by atoms with E-state index >= 15 is 4.39 Å². The molecule has 0 spiro atoms. The lowest BCUT2D eigenvalue weighted by molar-refractivity contribution is -0.119. The van der Waals surface area contributed by atoms with E-state index in [0.717, 1.165) is 0 Å². The lowest BCUT2D eigenvalue weighted by Crippen LogP contribution is -2.45. The zero-order valence-electron chi connectivity index (χ0n) is 20.5. The summed E-state index contributed by atoms with van der Waals surface area (Å²) in [6.45, 7) is 2.40. The summed E-state index contributed by atoms with van der Waals surface area (Å²) in [6, 6.07) is 5.79. The highest BCUT2D eigenvalue weighted by molar-refractivity contribution is 6.30. The minimum absolute atomic E-state index is 0.0542. The van der Waals surface area contributed by atoms with Gasteiger partial charge in [0.05, 0.1) is 23.9 Å². The normalized spacial score (nSPS) is 21.5. The van der Waals surface area contributed by atoms with Crippen molar-refractivity contribution in [3.05, 3.63) is 59.2 Å². The lowest BCUT2D eigenvalue weighted by Gasteiger charge is -2.30. The first-order chi connectivity index (χ1) is 17.7. The van der Waals surface area contributed by atoms with Crippen molar-refractivity contribution in [2.75, 3.05) is 42.8 Å². The topological polar surface area (TPSA) is 113 Å². The molecule has 37 heavy (non-hydrogen) atoms. The molecule has 3 heterocycles. The summed E-state index contributed by atoms with van der Waals surface area (Å²) in [5.41, 5.74) is 0.288. The van der Waals surface area contributed by atoms with Crippen LogP contribution >= 0.6 is 11.6 Å². The van der Waals surface area contributed by atoms with Crippen molar-refractivity contribution < 1.29 is 28.2 Å². The van der Waals surface area contributed by atoms with E-state index in [1.165, 1.54) is 54.5 Å². The van der Waals surface area contributed by atoms with Crippen molar-refractivity contribution in [3.63, 3.8) is 0 Å². The summed E-state index contributed by atoms with van der Waals surface area (Å²) < 4.78 is 25.6. The second-order valence-corrected chi connectivity index (χ2v) is 9.24. The molecule has 4 rings (SSSR count). The zero-order valence-corrected chi connectivity index (χ0v) is 21.3. The van der Waals surface area contributed by atoms with Gasteiger partial charge in [0, 0.05) is 50.5 Å². The average Bonchev–Trinajstić information content (AvgIpc) is 3.33. The highest BCUT2D eigenvalue weighted by atomic mass is 35.5. The van der Waals surface area contributed by atoms with Gasteiger partial charge in [0.15, 0.2) is 0 Å². The minimum atomic E-state index is -0.904. The number of aromatic nitrogens is 1. The molecule has 1 fully saturated rings. The van der Waals surface area contributed by atoms with E-state index < -0.39 is 23.8 Å². The van der Waals surface area contributed by atoms with Gasteiger partial charge in [-0.15, -0.1) is 0 Å². The van der Waals surface area contributed by atoms with Crippen LogP contribution in [0.1, 0.15) is 13.3 Å². The number of carbonyl (C=O) groups excluding carboxylic acids is 3. The fourth-order valence-corrected chi connectivity index (χ4v) is 4.46. The number of urea groups is 1. The quantitative estimate of drug-likeness (QED) is 0.588. The van der Waals surface area contributed by atoms with Gasteiger partial charge in [0.1, 0.15) is 23.4 Å². The predicted molar refractivity (Wildman–Crippen MR) is 136 cm³/mol. The van der Waals surface area contributed by atoms with Gasteiger partial charge >= 0.3 is 6.03 Å². The van der Waals surface area contributed by atoms with E-state index in [-0.39, 0.29) is 42.4 Å². The molecule has 196 valence electrons. The monoisotopic (exact) mass is 531 g/mol. The average molecular weight is 532 g/mol. The highest BCUT2D eigenvalue weighted by Crippen LogP contribution is 2.29. The standard InChI is InChI=1S/C25H27ClFN5O5/c1-14-12-31(23(33)10-21(14)37-3)16-5-6-19(18(27)8-16)29-24(34)20-9-17(36-2)13-32(20)25(35)30-22-7-4-15(26)11-28-22/h4-8,10-11,14,17,20H,9,12-13H2,1-3H3,(H,29,34)(H,28,30,35)/t14?,17-,20-/m1/s1. The Morgan fingerprint density at radius 2 is 1.95 bits per heavy atom. The number of pyridine rings is 1. The third kappa shape index (κ3) is 5.83. The number of methoxy groups -OCH3 is 2. The highest BCUT2D eigenvalue weighted by Gasteiger charge is 2.40. The number of nitrogens with zero attached hydrogens (tertiary/aromatic N) is 3. The number of hydrogen-bond donors (Lipinski definition) is 2. The van der Waals surface area contributed by atoms with Crippen LogP contribution in [0, 0.1) is 11.7 Å². The van der Waals surface area contributed by atoms with E-state index in [1.807, 2.05) is 6.92 Å². The number of halogens is 2. The predicted octanol–water partition coefficient (Wildman–Crippen LogP) is 3.65. The van der Waals surface area contributed by atoms with Crippen LogP contribution in [-0.4, -0.2) is 67.2 Å². The van der Waals surface area contributed by atoms with Gasteiger partial charge in [0.25, 0.3) is 5.91 Å². The van der Waals surface area contributed by atoms with Crippen LogP contribution < -0.4 is 15.5 Å². The molecule has 2 aromatic rings. The maximum atomic E-state index is 15.0. The van der Waals surface area contributed by atoms with Gasteiger partial charge in [-0.05, 0) is 30.3 Å². The molecule has 0 saturated carbocycles. The summed E-state index contributed by atoms with van der Waals surface area (Å²) in [5.74, 6) is -0.820. The number of hydrogen-bond acceptors (Lipinski definition) is 6. The summed E-state index contributed by atoms with van der Waals surface area (Å²) in [6.07, 6.45) is 2.63. The number of nitrogens with one attached hydrogen (secondary N) is 2. The Labute approximate surface area is 218 Å². The minimum Gasteiger partial charge on any atom is -0.501 e. The molecule has 3 atom stereocenters. The Morgan fingerprint density at radius 1 is 1.16 bits per heavy atom. The van der Waals surface area contributed by atoms with Crippen LogP contribution in [0.5, 0.6) is 0 Å². The lowest BCUT2D eigenvalue weighted by atomic mass is 10.0. The fourth-order valence-electron chi connectivity index (χ4n) is 4.35. The number of likely N-dealkylation sites (tertiary alicyclic amines) is 1. The number of anilines is 3. The molecule has 2 aliphatic heterocycles. The second kappa shape index (κ2) is 11.1. The smallest absolute Gasteiger partial charge is 0.323 e. The number of rotatable bonds is 6. The van der Waals surface area contributed by atoms with Crippen LogP contribution in [0.4, 0.5) is 26.4 Å². The Hall–Kier alpha value is -3.70. The fraction of sp³-hybridized carbons (Fsp3) is 0.360. The van der Waals surface area contributed by atoms with E-state index in [2.05, 4.69) is 15.6 Å². The summed E-state index contributed by atoms with van der Waals surface area (Å²) in [7, 11) is 2.99. The molecule has 1 aromatic carbocycles. The Bertz CT molecular complexity index is 1220. The first kappa shape index (κ1) is 26.4. The zero-order chi connectivity index (χ0) is 26.7. The number of benzene rings is 1. The van der Waals surface area contributed by atoms with E-state index in [0.29, 0.717) is 23.0 Å². The van der Waals surface area contributed by atoms with E-state index in [1.54, 1.807) is 12.1 Å².